The second-order valence-corrected chi connectivity index (χ2v) is 6.47. The van der Waals surface area contributed by atoms with Gasteiger partial charge in [-0.25, -0.2) is 8.42 Å². The first-order valence-electron chi connectivity index (χ1n) is 6.84. The molecule has 0 saturated heterocycles. The van der Waals surface area contributed by atoms with Crippen molar-refractivity contribution in [3.05, 3.63) is 58.1 Å². The third-order valence-corrected chi connectivity index (χ3v) is 4.43. The highest BCUT2D eigenvalue weighted by Gasteiger charge is 2.18. The number of nitro groups is 1. The van der Waals surface area contributed by atoms with Crippen LogP contribution >= 0.6 is 0 Å². The van der Waals surface area contributed by atoms with Gasteiger partial charge in [-0.2, -0.15) is 0 Å². The van der Waals surface area contributed by atoms with Crippen LogP contribution < -0.4 is 9.46 Å². The van der Waals surface area contributed by atoms with Crippen molar-refractivity contribution in [3.63, 3.8) is 0 Å². The molecule has 0 amide bonds. The van der Waals surface area contributed by atoms with Crippen molar-refractivity contribution in [3.8, 4) is 5.75 Å². The van der Waals surface area contributed by atoms with Crippen molar-refractivity contribution in [1.29, 1.82) is 0 Å². The van der Waals surface area contributed by atoms with E-state index in [1.165, 1.54) is 30.3 Å². The lowest BCUT2D eigenvalue weighted by molar-refractivity contribution is -0.384. The first kappa shape index (κ1) is 16.8. The van der Waals surface area contributed by atoms with E-state index >= 15 is 0 Å². The van der Waals surface area contributed by atoms with E-state index in [1.807, 2.05) is 6.92 Å². The number of benzene rings is 2. The van der Waals surface area contributed by atoms with Gasteiger partial charge in [0.2, 0.25) is 0 Å². The Morgan fingerprint density at radius 2 is 1.83 bits per heavy atom. The van der Waals surface area contributed by atoms with Crippen LogP contribution in [0.2, 0.25) is 0 Å². The molecule has 2 aromatic rings. The summed E-state index contributed by atoms with van der Waals surface area (Å²) in [6, 6.07) is 10.1. The van der Waals surface area contributed by atoms with E-state index in [9.17, 15) is 18.5 Å². The first-order chi connectivity index (χ1) is 10.8. The molecule has 0 radical (unpaired) electrons. The summed E-state index contributed by atoms with van der Waals surface area (Å²) in [4.78, 5) is 10.4. The normalized spacial score (nSPS) is 11.0. The number of non-ortho nitro benzene ring substituents is 1. The lowest BCUT2D eigenvalue weighted by Gasteiger charge is -2.13. The highest BCUT2D eigenvalue weighted by atomic mass is 32.2. The van der Waals surface area contributed by atoms with Gasteiger partial charge >= 0.3 is 0 Å². The fourth-order valence-electron chi connectivity index (χ4n) is 1.90. The van der Waals surface area contributed by atoms with Crippen LogP contribution in [0.3, 0.4) is 0 Å². The average molecular weight is 336 g/mol. The summed E-state index contributed by atoms with van der Waals surface area (Å²) >= 11 is 0. The molecule has 23 heavy (non-hydrogen) atoms. The second kappa shape index (κ2) is 6.66. The van der Waals surface area contributed by atoms with Gasteiger partial charge in [-0.05, 0) is 32.0 Å². The summed E-state index contributed by atoms with van der Waals surface area (Å²) < 4.78 is 32.5. The van der Waals surface area contributed by atoms with Crippen molar-refractivity contribution in [2.24, 2.45) is 0 Å². The Bertz CT molecular complexity index is 816. The molecule has 2 aromatic carbocycles. The number of nitrogens with zero attached hydrogens (tertiary/aromatic N) is 1. The van der Waals surface area contributed by atoms with Crippen molar-refractivity contribution < 1.29 is 18.1 Å². The Labute approximate surface area is 134 Å². The minimum absolute atomic E-state index is 0.101. The summed E-state index contributed by atoms with van der Waals surface area (Å²) in [5.41, 5.74) is 0.916. The van der Waals surface area contributed by atoms with Crippen LogP contribution in [-0.4, -0.2) is 19.9 Å². The third kappa shape index (κ3) is 3.98. The van der Waals surface area contributed by atoms with Crippen LogP contribution in [0.25, 0.3) is 0 Å². The first-order valence-corrected chi connectivity index (χ1v) is 8.32. The number of sulfonamides is 1. The maximum atomic E-state index is 12.4. The van der Waals surface area contributed by atoms with Gasteiger partial charge < -0.3 is 4.74 Å². The van der Waals surface area contributed by atoms with E-state index in [4.69, 9.17) is 4.74 Å². The molecular formula is C15H16N2O5S. The van der Waals surface area contributed by atoms with Crippen molar-refractivity contribution in [1.82, 2.24) is 0 Å². The molecule has 0 spiro atoms. The Hall–Kier alpha value is -2.61. The number of hydrogen-bond donors (Lipinski definition) is 1. The molecule has 0 aliphatic heterocycles. The minimum atomic E-state index is -3.80. The molecule has 0 aromatic heterocycles. The van der Waals surface area contributed by atoms with Gasteiger partial charge in [0.15, 0.2) is 0 Å². The number of nitro benzene ring substituents is 1. The lowest BCUT2D eigenvalue weighted by atomic mass is 10.2. The van der Waals surface area contributed by atoms with E-state index in [2.05, 4.69) is 4.72 Å². The monoisotopic (exact) mass is 336 g/mol. The number of ether oxygens (including phenoxy) is 1. The molecule has 0 bridgehead atoms. The van der Waals surface area contributed by atoms with Gasteiger partial charge in [0, 0.05) is 6.07 Å². The zero-order chi connectivity index (χ0) is 17.0. The van der Waals surface area contributed by atoms with Crippen LogP contribution in [0.4, 0.5) is 11.4 Å². The molecule has 0 atom stereocenters. The maximum absolute atomic E-state index is 12.4. The van der Waals surface area contributed by atoms with Crippen LogP contribution in [0, 0.1) is 17.0 Å². The number of rotatable bonds is 6. The highest BCUT2D eigenvalue weighted by Crippen LogP contribution is 2.31. The number of aryl methyl sites for hydroxylation is 1. The number of hydrogen-bond acceptors (Lipinski definition) is 5. The summed E-state index contributed by atoms with van der Waals surface area (Å²) in [5, 5.41) is 10.8. The summed E-state index contributed by atoms with van der Waals surface area (Å²) in [7, 11) is -3.80. The fraction of sp³-hybridized carbons (Fsp3) is 0.200. The summed E-state index contributed by atoms with van der Waals surface area (Å²) in [5.74, 6) is 0.109. The Kier molecular flexibility index (Phi) is 4.85. The van der Waals surface area contributed by atoms with Gasteiger partial charge in [-0.15, -0.1) is 0 Å². The Morgan fingerprint density at radius 3 is 2.39 bits per heavy atom. The molecule has 0 saturated carbocycles. The fourth-order valence-corrected chi connectivity index (χ4v) is 2.98. The minimum Gasteiger partial charge on any atom is -0.491 e. The van der Waals surface area contributed by atoms with E-state index in [1.54, 1.807) is 19.1 Å². The molecule has 2 rings (SSSR count). The molecule has 7 nitrogen and oxygen atoms in total. The summed E-state index contributed by atoms with van der Waals surface area (Å²) in [6.07, 6.45) is 0. The standard InChI is InChI=1S/C15H16N2O5S/c1-3-22-15-10-12(17(18)19)6-9-14(15)16-23(20,21)13-7-4-11(2)5-8-13/h4-10,16H,3H2,1-2H3. The van der Waals surface area contributed by atoms with E-state index in [-0.39, 0.29) is 28.6 Å². The third-order valence-electron chi connectivity index (χ3n) is 3.05. The molecule has 1 N–H and O–H groups in total. The van der Waals surface area contributed by atoms with E-state index in [0.717, 1.165) is 5.56 Å². The largest absolute Gasteiger partial charge is 0.491 e. The van der Waals surface area contributed by atoms with Crippen molar-refractivity contribution in [2.45, 2.75) is 18.7 Å². The van der Waals surface area contributed by atoms with Gasteiger partial charge in [-0.3, -0.25) is 14.8 Å². The van der Waals surface area contributed by atoms with Gasteiger partial charge in [-0.1, -0.05) is 17.7 Å². The molecule has 0 fully saturated rings. The predicted octanol–water partition coefficient (Wildman–Crippen LogP) is 3.10. The smallest absolute Gasteiger partial charge is 0.273 e. The number of nitrogens with one attached hydrogen (secondary N) is 1. The average Bonchev–Trinajstić information content (AvgIpc) is 2.49. The Morgan fingerprint density at radius 1 is 1.17 bits per heavy atom. The molecule has 0 unspecified atom stereocenters. The highest BCUT2D eigenvalue weighted by molar-refractivity contribution is 7.92. The van der Waals surface area contributed by atoms with E-state index < -0.39 is 14.9 Å². The predicted molar refractivity (Wildman–Crippen MR) is 86.3 cm³/mol. The molecule has 0 aliphatic carbocycles. The van der Waals surface area contributed by atoms with E-state index in [0.29, 0.717) is 0 Å². The Balaban J connectivity index is 2.38. The lowest BCUT2D eigenvalue weighted by Crippen LogP contribution is -2.14. The second-order valence-electron chi connectivity index (χ2n) is 4.79. The maximum Gasteiger partial charge on any atom is 0.273 e. The van der Waals surface area contributed by atoms with Gasteiger partial charge in [0.25, 0.3) is 15.7 Å². The van der Waals surface area contributed by atoms with Crippen LogP contribution in [0.1, 0.15) is 12.5 Å². The van der Waals surface area contributed by atoms with Crippen molar-refractivity contribution in [2.75, 3.05) is 11.3 Å². The molecule has 0 aliphatic rings. The quantitative estimate of drug-likeness (QED) is 0.645. The number of anilines is 1. The van der Waals surface area contributed by atoms with Crippen LogP contribution in [0.5, 0.6) is 5.75 Å². The SMILES string of the molecule is CCOc1cc([N+](=O)[O-])ccc1NS(=O)(=O)c1ccc(C)cc1. The summed E-state index contributed by atoms with van der Waals surface area (Å²) in [6.45, 7) is 3.81. The van der Waals surface area contributed by atoms with Crippen LogP contribution in [-0.2, 0) is 10.0 Å². The zero-order valence-corrected chi connectivity index (χ0v) is 13.5. The van der Waals surface area contributed by atoms with Crippen LogP contribution in [0.15, 0.2) is 47.4 Å². The topological polar surface area (TPSA) is 98.5 Å². The zero-order valence-electron chi connectivity index (χ0n) is 12.6. The molecule has 8 heteroatoms. The van der Waals surface area contributed by atoms with Gasteiger partial charge in [0.1, 0.15) is 5.75 Å². The molecular weight excluding hydrogens is 320 g/mol. The molecule has 0 heterocycles. The van der Waals surface area contributed by atoms with Gasteiger partial charge in [0.05, 0.1) is 28.2 Å². The van der Waals surface area contributed by atoms with Crippen molar-refractivity contribution >= 4 is 21.4 Å². The molecule has 122 valence electrons.